The number of hydrogen-bond donors (Lipinski definition) is 3. The van der Waals surface area contributed by atoms with Crippen molar-refractivity contribution in [2.45, 2.75) is 44.9 Å². The lowest BCUT2D eigenvalue weighted by molar-refractivity contribution is 0.0846. The summed E-state index contributed by atoms with van der Waals surface area (Å²) in [6.07, 6.45) is 0.853. The molecule has 146 valence electrons. The van der Waals surface area contributed by atoms with E-state index in [4.69, 9.17) is 23.2 Å². The zero-order valence-electron chi connectivity index (χ0n) is 15.2. The summed E-state index contributed by atoms with van der Waals surface area (Å²) in [5.74, 6) is -0.387. The minimum absolute atomic E-state index is 0.241. The van der Waals surface area contributed by atoms with Gasteiger partial charge in [0.1, 0.15) is 6.10 Å². The van der Waals surface area contributed by atoms with E-state index in [2.05, 4.69) is 20.9 Å². The number of aliphatic hydroxyl groups excluding tert-OH is 1. The van der Waals surface area contributed by atoms with Crippen LogP contribution in [0.25, 0.3) is 0 Å². The number of halogens is 2. The van der Waals surface area contributed by atoms with Crippen molar-refractivity contribution >= 4 is 29.1 Å². The lowest BCUT2D eigenvalue weighted by Crippen LogP contribution is -2.38. The molecule has 27 heavy (non-hydrogen) atoms. The van der Waals surface area contributed by atoms with Gasteiger partial charge in [0.25, 0.3) is 5.91 Å². The average Bonchev–Trinajstić information content (AvgIpc) is 3.03. The van der Waals surface area contributed by atoms with Gasteiger partial charge in [0.15, 0.2) is 5.69 Å². The van der Waals surface area contributed by atoms with Crippen molar-refractivity contribution in [1.82, 2.24) is 25.6 Å². The first-order valence-electron chi connectivity index (χ1n) is 8.95. The second kappa shape index (κ2) is 8.56. The molecule has 3 rings (SSSR count). The first-order valence-corrected chi connectivity index (χ1v) is 9.71. The molecule has 9 heteroatoms. The van der Waals surface area contributed by atoms with E-state index in [-0.39, 0.29) is 17.6 Å². The largest absolute Gasteiger partial charge is 0.386 e. The number of carbonyl (C=O) groups is 1. The van der Waals surface area contributed by atoms with E-state index in [1.54, 1.807) is 25.1 Å². The second-order valence-electron chi connectivity index (χ2n) is 6.79. The molecule has 1 aromatic carbocycles. The molecule has 0 radical (unpaired) electrons. The van der Waals surface area contributed by atoms with Crippen LogP contribution in [-0.2, 0) is 0 Å². The molecule has 1 aliphatic heterocycles. The highest BCUT2D eigenvalue weighted by Crippen LogP contribution is 2.32. The summed E-state index contributed by atoms with van der Waals surface area (Å²) in [4.78, 5) is 12.7. The molecule has 1 saturated heterocycles. The Bertz CT molecular complexity index is 800. The summed E-state index contributed by atoms with van der Waals surface area (Å²) in [7, 11) is 0. The molecule has 1 aliphatic rings. The molecule has 2 aromatic rings. The minimum atomic E-state index is -1.05. The maximum absolute atomic E-state index is 12.7. The van der Waals surface area contributed by atoms with Crippen LogP contribution < -0.4 is 10.6 Å². The van der Waals surface area contributed by atoms with Gasteiger partial charge in [-0.3, -0.25) is 4.79 Å². The van der Waals surface area contributed by atoms with Gasteiger partial charge >= 0.3 is 0 Å². The van der Waals surface area contributed by atoms with Crippen LogP contribution in [0.2, 0.25) is 10.0 Å². The van der Waals surface area contributed by atoms with Gasteiger partial charge < -0.3 is 15.7 Å². The first-order chi connectivity index (χ1) is 12.9. The molecule has 0 spiro atoms. The second-order valence-corrected chi connectivity index (χ2v) is 7.61. The van der Waals surface area contributed by atoms with Crippen LogP contribution in [0.3, 0.4) is 0 Å². The van der Waals surface area contributed by atoms with E-state index >= 15 is 0 Å². The normalized spacial score (nSPS) is 17.5. The summed E-state index contributed by atoms with van der Waals surface area (Å²) >= 11 is 12.3. The lowest BCUT2D eigenvalue weighted by Gasteiger charge is -2.24. The lowest BCUT2D eigenvalue weighted by atomic mass is 10.0. The Kier molecular flexibility index (Phi) is 6.37. The summed E-state index contributed by atoms with van der Waals surface area (Å²) in [5.41, 5.74) is 1.37. The van der Waals surface area contributed by atoms with Gasteiger partial charge in [-0.1, -0.05) is 34.5 Å². The number of rotatable bonds is 5. The Balaban J connectivity index is 1.72. The zero-order valence-corrected chi connectivity index (χ0v) is 16.8. The number of aromatic nitrogens is 3. The molecule has 2 heterocycles. The third-order valence-electron chi connectivity index (χ3n) is 4.92. The van der Waals surface area contributed by atoms with Crippen LogP contribution >= 0.6 is 23.2 Å². The fourth-order valence-corrected chi connectivity index (χ4v) is 3.97. The number of nitrogens with one attached hydrogen (secondary N) is 2. The molecule has 1 aromatic heterocycles. The van der Waals surface area contributed by atoms with Gasteiger partial charge in [0, 0.05) is 15.6 Å². The topological polar surface area (TPSA) is 92.1 Å². The number of carbonyl (C=O) groups excluding carboxylic acids is 1. The van der Waals surface area contributed by atoms with Gasteiger partial charge in [0.2, 0.25) is 0 Å². The summed E-state index contributed by atoms with van der Waals surface area (Å²) in [6.45, 7) is 5.37. The average molecular weight is 412 g/mol. The van der Waals surface area contributed by atoms with Gasteiger partial charge in [-0.05, 0) is 51.9 Å². The van der Waals surface area contributed by atoms with Crippen LogP contribution in [0, 0.1) is 6.92 Å². The third-order valence-corrected chi connectivity index (χ3v) is 5.58. The van der Waals surface area contributed by atoms with E-state index in [1.807, 2.05) is 11.6 Å². The molecule has 2 atom stereocenters. The SMILES string of the molecule is Cc1c(C(=O)NC(C)C(O)c2c(Cl)cccc2Cl)nnn1C1CCNCC1. The summed E-state index contributed by atoms with van der Waals surface area (Å²) in [6, 6.07) is 4.63. The standard InChI is InChI=1S/C18H23Cl2N5O2/c1-10(17(26)15-13(19)4-3-5-14(15)20)22-18(27)16-11(2)25(24-23-16)12-6-8-21-9-7-12/h3-5,10,12,17,21,26H,6-9H2,1-2H3,(H,22,27). The highest BCUT2D eigenvalue weighted by atomic mass is 35.5. The van der Waals surface area contributed by atoms with Crippen LogP contribution in [0.4, 0.5) is 0 Å². The van der Waals surface area contributed by atoms with Crippen molar-refractivity contribution in [1.29, 1.82) is 0 Å². The highest BCUT2D eigenvalue weighted by Gasteiger charge is 2.27. The number of benzene rings is 1. The van der Waals surface area contributed by atoms with Gasteiger partial charge in [-0.2, -0.15) is 0 Å². The van der Waals surface area contributed by atoms with Gasteiger partial charge in [-0.15, -0.1) is 5.10 Å². The highest BCUT2D eigenvalue weighted by molar-refractivity contribution is 6.36. The molecular weight excluding hydrogens is 389 g/mol. The molecule has 0 aliphatic carbocycles. The maximum Gasteiger partial charge on any atom is 0.274 e. The summed E-state index contributed by atoms with van der Waals surface area (Å²) < 4.78 is 1.82. The molecule has 7 nitrogen and oxygen atoms in total. The van der Waals surface area contributed by atoms with Crippen LogP contribution in [0.15, 0.2) is 18.2 Å². The van der Waals surface area contributed by atoms with E-state index in [9.17, 15) is 9.90 Å². The minimum Gasteiger partial charge on any atom is -0.386 e. The Hall–Kier alpha value is -1.67. The van der Waals surface area contributed by atoms with Crippen LogP contribution in [0.5, 0.6) is 0 Å². The Morgan fingerprint density at radius 3 is 2.59 bits per heavy atom. The smallest absolute Gasteiger partial charge is 0.274 e. The van der Waals surface area contributed by atoms with E-state index in [1.165, 1.54) is 0 Å². The van der Waals surface area contributed by atoms with Crippen molar-refractivity contribution in [2.24, 2.45) is 0 Å². The van der Waals surface area contributed by atoms with Crippen LogP contribution in [-0.4, -0.2) is 45.1 Å². The maximum atomic E-state index is 12.7. The van der Waals surface area contributed by atoms with Crippen molar-refractivity contribution in [3.8, 4) is 0 Å². The third kappa shape index (κ3) is 4.27. The molecular formula is C18H23Cl2N5O2. The molecule has 1 fully saturated rings. The predicted octanol–water partition coefficient (Wildman–Crippen LogP) is 2.67. The van der Waals surface area contributed by atoms with Crippen molar-refractivity contribution in [3.05, 3.63) is 45.2 Å². The van der Waals surface area contributed by atoms with Crippen molar-refractivity contribution in [3.63, 3.8) is 0 Å². The molecule has 0 saturated carbocycles. The Morgan fingerprint density at radius 1 is 1.33 bits per heavy atom. The molecule has 1 amide bonds. The molecule has 2 unspecified atom stereocenters. The number of hydrogen-bond acceptors (Lipinski definition) is 5. The van der Waals surface area contributed by atoms with Crippen molar-refractivity contribution in [2.75, 3.05) is 13.1 Å². The molecule has 3 N–H and O–H groups in total. The van der Waals surface area contributed by atoms with Crippen LogP contribution in [0.1, 0.15) is 53.7 Å². The van der Waals surface area contributed by atoms with Gasteiger partial charge in [-0.25, -0.2) is 4.68 Å². The monoisotopic (exact) mass is 411 g/mol. The Morgan fingerprint density at radius 2 is 1.96 bits per heavy atom. The van der Waals surface area contributed by atoms with Crippen molar-refractivity contribution < 1.29 is 9.90 Å². The van der Waals surface area contributed by atoms with Gasteiger partial charge in [0.05, 0.1) is 17.8 Å². The predicted molar refractivity (Wildman–Crippen MR) is 104 cm³/mol. The van der Waals surface area contributed by atoms with E-state index < -0.39 is 12.1 Å². The Labute approximate surface area is 168 Å². The fraction of sp³-hybridized carbons (Fsp3) is 0.500. The quantitative estimate of drug-likeness (QED) is 0.703. The molecule has 0 bridgehead atoms. The number of amides is 1. The van der Waals surface area contributed by atoms with E-state index in [0.29, 0.717) is 15.6 Å². The first kappa shape index (κ1) is 20.1. The fourth-order valence-electron chi connectivity index (χ4n) is 3.35. The van der Waals surface area contributed by atoms with E-state index in [0.717, 1.165) is 31.6 Å². The summed E-state index contributed by atoms with van der Waals surface area (Å²) in [5, 5.41) is 25.6. The number of nitrogens with zero attached hydrogens (tertiary/aromatic N) is 3. The number of piperidine rings is 1. The zero-order chi connectivity index (χ0) is 19.6. The number of aliphatic hydroxyl groups is 1.